The number of non-ortho nitro benzene ring substituents is 1. The van der Waals surface area contributed by atoms with Gasteiger partial charge < -0.3 is 10.2 Å². The summed E-state index contributed by atoms with van der Waals surface area (Å²) in [4.78, 5) is 24.6. The molecule has 0 atom stereocenters. The molecule has 2 aromatic rings. The fraction of sp³-hybridized carbons (Fsp3) is 0.375. The number of nitrogens with one attached hydrogen (secondary N) is 1. The van der Waals surface area contributed by atoms with E-state index >= 15 is 0 Å². The quantitative estimate of drug-likeness (QED) is 0.661. The number of carbonyl (C=O) groups is 1. The molecule has 1 amide bonds. The molecule has 0 saturated carbocycles. The summed E-state index contributed by atoms with van der Waals surface area (Å²) in [5.41, 5.74) is 1.06. The molecule has 9 heteroatoms. The predicted molar refractivity (Wildman–Crippen MR) is 95.5 cm³/mol. The van der Waals surface area contributed by atoms with E-state index in [9.17, 15) is 14.9 Å². The van der Waals surface area contributed by atoms with Crippen molar-refractivity contribution in [2.75, 3.05) is 20.1 Å². The molecule has 3 rings (SSSR count). The molecule has 1 aliphatic rings. The smallest absolute Gasteiger partial charge is 0.274 e. The zero-order valence-corrected chi connectivity index (χ0v) is 14.6. The summed E-state index contributed by atoms with van der Waals surface area (Å²) in [5.74, 6) is -0.109. The van der Waals surface area contributed by atoms with E-state index in [0.29, 0.717) is 11.4 Å². The Morgan fingerprint density at radius 3 is 2.52 bits per heavy atom. The highest BCUT2D eigenvalue weighted by Crippen LogP contribution is 2.16. The van der Waals surface area contributed by atoms with Gasteiger partial charge in [0.05, 0.1) is 10.6 Å². The van der Waals surface area contributed by atoms with Crippen molar-refractivity contribution in [2.45, 2.75) is 18.9 Å². The first-order valence-electron chi connectivity index (χ1n) is 7.84. The molecule has 25 heavy (non-hydrogen) atoms. The maximum atomic E-state index is 12.6. The summed E-state index contributed by atoms with van der Waals surface area (Å²) >= 11 is 0. The molecule has 1 saturated heterocycles. The summed E-state index contributed by atoms with van der Waals surface area (Å²) < 4.78 is 1.55. The fourth-order valence-electron chi connectivity index (χ4n) is 2.85. The van der Waals surface area contributed by atoms with Crippen LogP contribution in [0, 0.1) is 10.1 Å². The third kappa shape index (κ3) is 4.15. The lowest BCUT2D eigenvalue weighted by atomic mass is 10.1. The maximum Gasteiger partial charge on any atom is 0.274 e. The van der Waals surface area contributed by atoms with Crippen molar-refractivity contribution in [2.24, 2.45) is 0 Å². The molecule has 0 bridgehead atoms. The number of nitro groups is 1. The van der Waals surface area contributed by atoms with Gasteiger partial charge in [-0.05, 0) is 44.1 Å². The van der Waals surface area contributed by atoms with Gasteiger partial charge in [-0.3, -0.25) is 14.9 Å². The van der Waals surface area contributed by atoms with Gasteiger partial charge in [0, 0.05) is 31.4 Å². The highest BCUT2D eigenvalue weighted by Gasteiger charge is 2.24. The van der Waals surface area contributed by atoms with Crippen LogP contribution in [0.15, 0.2) is 36.5 Å². The average Bonchev–Trinajstić information content (AvgIpc) is 3.11. The Bertz CT molecular complexity index is 740. The van der Waals surface area contributed by atoms with Gasteiger partial charge in [0.15, 0.2) is 5.69 Å². The van der Waals surface area contributed by atoms with Gasteiger partial charge in [0.1, 0.15) is 0 Å². The van der Waals surface area contributed by atoms with Crippen LogP contribution in [-0.4, -0.2) is 51.7 Å². The standard InChI is InChI=1S/C16H19N5O3.ClH/c1-19(12-6-9-17-10-7-12)16(22)15-8-11-20(18-15)13-2-4-14(5-3-13)21(23)24;/h2-5,8,11-12,17H,6-7,9-10H2,1H3;1H. The van der Waals surface area contributed by atoms with E-state index in [4.69, 9.17) is 0 Å². The number of benzene rings is 1. The number of piperidine rings is 1. The Kier molecular flexibility index (Phi) is 6.11. The first-order valence-corrected chi connectivity index (χ1v) is 7.84. The number of hydrogen-bond acceptors (Lipinski definition) is 5. The fourth-order valence-corrected chi connectivity index (χ4v) is 2.85. The van der Waals surface area contributed by atoms with Gasteiger partial charge in [-0.1, -0.05) is 0 Å². The second-order valence-corrected chi connectivity index (χ2v) is 5.82. The molecular weight excluding hydrogens is 346 g/mol. The van der Waals surface area contributed by atoms with Crippen molar-refractivity contribution >= 4 is 24.0 Å². The second-order valence-electron chi connectivity index (χ2n) is 5.82. The minimum Gasteiger partial charge on any atom is -0.337 e. The molecule has 0 radical (unpaired) electrons. The van der Waals surface area contributed by atoms with E-state index in [2.05, 4.69) is 10.4 Å². The third-order valence-electron chi connectivity index (χ3n) is 4.31. The number of nitro benzene ring substituents is 1. The molecule has 1 aromatic heterocycles. The number of aromatic nitrogens is 2. The highest BCUT2D eigenvalue weighted by atomic mass is 35.5. The predicted octanol–water partition coefficient (Wildman–Crippen LogP) is 2.03. The Balaban J connectivity index is 0.00000225. The lowest BCUT2D eigenvalue weighted by Crippen LogP contribution is -2.44. The molecule has 8 nitrogen and oxygen atoms in total. The van der Waals surface area contributed by atoms with Crippen LogP contribution in [0.2, 0.25) is 0 Å². The SMILES string of the molecule is CN(C(=O)c1ccn(-c2ccc([N+](=O)[O-])cc2)n1)C1CCNCC1.Cl. The van der Waals surface area contributed by atoms with Gasteiger partial charge in [-0.15, -0.1) is 12.4 Å². The molecule has 1 fully saturated rings. The zero-order valence-electron chi connectivity index (χ0n) is 13.8. The summed E-state index contributed by atoms with van der Waals surface area (Å²) in [5, 5.41) is 18.3. The molecule has 0 spiro atoms. The summed E-state index contributed by atoms with van der Waals surface area (Å²) in [6.07, 6.45) is 3.56. The molecule has 0 aliphatic carbocycles. The molecular formula is C16H20ClN5O3. The molecule has 1 aliphatic heterocycles. The minimum absolute atomic E-state index is 0. The normalized spacial score (nSPS) is 14.6. The molecule has 1 aromatic carbocycles. The van der Waals surface area contributed by atoms with Gasteiger partial charge in [-0.2, -0.15) is 5.10 Å². The summed E-state index contributed by atoms with van der Waals surface area (Å²) in [6.45, 7) is 1.83. The van der Waals surface area contributed by atoms with Crippen LogP contribution in [0.1, 0.15) is 23.3 Å². The summed E-state index contributed by atoms with van der Waals surface area (Å²) in [6, 6.07) is 7.94. The zero-order chi connectivity index (χ0) is 17.1. The first-order chi connectivity index (χ1) is 11.6. The lowest BCUT2D eigenvalue weighted by molar-refractivity contribution is -0.384. The van der Waals surface area contributed by atoms with Crippen molar-refractivity contribution in [3.63, 3.8) is 0 Å². The van der Waals surface area contributed by atoms with Gasteiger partial charge in [-0.25, -0.2) is 4.68 Å². The Morgan fingerprint density at radius 2 is 1.92 bits per heavy atom. The van der Waals surface area contributed by atoms with E-state index in [1.807, 2.05) is 7.05 Å². The molecule has 2 heterocycles. The largest absolute Gasteiger partial charge is 0.337 e. The van der Waals surface area contributed by atoms with Crippen molar-refractivity contribution in [3.8, 4) is 5.69 Å². The number of carbonyl (C=O) groups excluding carboxylic acids is 1. The van der Waals surface area contributed by atoms with Gasteiger partial charge >= 0.3 is 0 Å². The van der Waals surface area contributed by atoms with Crippen molar-refractivity contribution in [3.05, 3.63) is 52.3 Å². The van der Waals surface area contributed by atoms with Crippen LogP contribution in [0.3, 0.4) is 0 Å². The highest BCUT2D eigenvalue weighted by molar-refractivity contribution is 5.92. The Hall–Kier alpha value is -2.45. The molecule has 0 unspecified atom stereocenters. The average molecular weight is 366 g/mol. The van der Waals surface area contributed by atoms with Crippen LogP contribution in [0.25, 0.3) is 5.69 Å². The Labute approximate surface area is 151 Å². The molecule has 1 N–H and O–H groups in total. The van der Waals surface area contributed by atoms with Crippen molar-refractivity contribution < 1.29 is 9.72 Å². The van der Waals surface area contributed by atoms with Crippen LogP contribution in [0.5, 0.6) is 0 Å². The third-order valence-corrected chi connectivity index (χ3v) is 4.31. The number of amides is 1. The van der Waals surface area contributed by atoms with E-state index in [-0.39, 0.29) is 30.0 Å². The monoisotopic (exact) mass is 365 g/mol. The van der Waals surface area contributed by atoms with E-state index in [1.54, 1.807) is 34.0 Å². The maximum absolute atomic E-state index is 12.6. The van der Waals surface area contributed by atoms with E-state index in [1.165, 1.54) is 12.1 Å². The van der Waals surface area contributed by atoms with Crippen molar-refractivity contribution in [1.82, 2.24) is 20.0 Å². The minimum atomic E-state index is -0.449. The second kappa shape index (κ2) is 8.09. The van der Waals surface area contributed by atoms with Crippen LogP contribution < -0.4 is 5.32 Å². The topological polar surface area (TPSA) is 93.3 Å². The number of hydrogen-bond donors (Lipinski definition) is 1. The first kappa shape index (κ1) is 18.9. The van der Waals surface area contributed by atoms with E-state index in [0.717, 1.165) is 25.9 Å². The van der Waals surface area contributed by atoms with Crippen molar-refractivity contribution in [1.29, 1.82) is 0 Å². The summed E-state index contributed by atoms with van der Waals surface area (Å²) in [7, 11) is 1.81. The van der Waals surface area contributed by atoms with Gasteiger partial charge in [0.2, 0.25) is 0 Å². The Morgan fingerprint density at radius 1 is 1.28 bits per heavy atom. The van der Waals surface area contributed by atoms with Gasteiger partial charge in [0.25, 0.3) is 11.6 Å². The van der Waals surface area contributed by atoms with E-state index < -0.39 is 4.92 Å². The lowest BCUT2D eigenvalue weighted by Gasteiger charge is -2.31. The van der Waals surface area contributed by atoms with Crippen LogP contribution >= 0.6 is 12.4 Å². The number of halogens is 1. The van der Waals surface area contributed by atoms with Crippen LogP contribution in [0.4, 0.5) is 5.69 Å². The molecule has 134 valence electrons. The number of nitrogens with zero attached hydrogens (tertiary/aromatic N) is 4. The number of rotatable bonds is 4. The van der Waals surface area contributed by atoms with Crippen LogP contribution in [-0.2, 0) is 0 Å².